The summed E-state index contributed by atoms with van der Waals surface area (Å²) in [7, 11) is 0. The van der Waals surface area contributed by atoms with Crippen molar-refractivity contribution in [3.63, 3.8) is 0 Å². The highest BCUT2D eigenvalue weighted by Gasteiger charge is 2.37. The van der Waals surface area contributed by atoms with Gasteiger partial charge in [0.15, 0.2) is 0 Å². The second kappa shape index (κ2) is 5.10. The molecular weight excluding hydrogens is 222 g/mol. The number of fused-ring (bicyclic) bond motifs is 1. The second-order valence-electron chi connectivity index (χ2n) is 7.16. The van der Waals surface area contributed by atoms with E-state index >= 15 is 0 Å². The van der Waals surface area contributed by atoms with Gasteiger partial charge in [-0.15, -0.1) is 0 Å². The summed E-state index contributed by atoms with van der Waals surface area (Å²) in [5.41, 5.74) is 0.519. The predicted octanol–water partition coefficient (Wildman–Crippen LogP) is 1.54. The van der Waals surface area contributed by atoms with Gasteiger partial charge in [0.05, 0.1) is 0 Å². The number of nitrogens with zero attached hydrogens (tertiary/aromatic N) is 2. The number of piperidine rings is 1. The Labute approximate surface area is 112 Å². The van der Waals surface area contributed by atoms with Gasteiger partial charge in [-0.3, -0.25) is 9.80 Å². The fourth-order valence-electron chi connectivity index (χ4n) is 4.13. The Bertz CT molecular complexity index is 285. The Morgan fingerprint density at radius 3 is 2.94 bits per heavy atom. The van der Waals surface area contributed by atoms with Gasteiger partial charge in [0.2, 0.25) is 0 Å². The van der Waals surface area contributed by atoms with Crippen molar-refractivity contribution in [3.8, 4) is 0 Å². The second-order valence-corrected chi connectivity index (χ2v) is 7.16. The largest absolute Gasteiger partial charge is 0.316 e. The van der Waals surface area contributed by atoms with E-state index in [0.29, 0.717) is 5.41 Å². The minimum absolute atomic E-state index is 0.519. The molecule has 0 aliphatic carbocycles. The normalized spacial score (nSPS) is 43.0. The molecule has 1 N–H and O–H groups in total. The Balaban J connectivity index is 1.61. The zero-order valence-corrected chi connectivity index (χ0v) is 12.1. The van der Waals surface area contributed by atoms with E-state index in [0.717, 1.165) is 12.1 Å². The molecule has 0 radical (unpaired) electrons. The molecule has 3 aliphatic heterocycles. The lowest BCUT2D eigenvalue weighted by atomic mass is 9.87. The van der Waals surface area contributed by atoms with Crippen molar-refractivity contribution >= 4 is 0 Å². The molecule has 3 saturated heterocycles. The highest BCUT2D eigenvalue weighted by Crippen LogP contribution is 2.30. The van der Waals surface area contributed by atoms with E-state index in [1.54, 1.807) is 0 Å². The molecule has 0 spiro atoms. The molecule has 0 saturated carbocycles. The molecule has 3 nitrogen and oxygen atoms in total. The number of piperazine rings is 1. The Kier molecular flexibility index (Phi) is 3.65. The van der Waals surface area contributed by atoms with Crippen LogP contribution in [-0.4, -0.2) is 61.2 Å². The average Bonchev–Trinajstić information content (AvgIpc) is 2.77. The van der Waals surface area contributed by atoms with Crippen LogP contribution in [0.3, 0.4) is 0 Å². The molecular formula is C15H29N3. The Morgan fingerprint density at radius 1 is 1.28 bits per heavy atom. The van der Waals surface area contributed by atoms with E-state index in [2.05, 4.69) is 29.0 Å². The van der Waals surface area contributed by atoms with Crippen LogP contribution in [0.1, 0.15) is 39.5 Å². The fourth-order valence-corrected chi connectivity index (χ4v) is 4.13. The fraction of sp³-hybridized carbons (Fsp3) is 1.00. The van der Waals surface area contributed by atoms with Crippen molar-refractivity contribution in [2.45, 2.75) is 51.6 Å². The molecule has 0 aromatic rings. The maximum absolute atomic E-state index is 3.54. The van der Waals surface area contributed by atoms with Gasteiger partial charge in [-0.05, 0) is 44.7 Å². The minimum atomic E-state index is 0.519. The maximum atomic E-state index is 3.54. The molecule has 0 bridgehead atoms. The summed E-state index contributed by atoms with van der Waals surface area (Å²) < 4.78 is 0. The molecule has 3 heterocycles. The summed E-state index contributed by atoms with van der Waals surface area (Å²) >= 11 is 0. The summed E-state index contributed by atoms with van der Waals surface area (Å²) in [5.74, 6) is 0. The van der Waals surface area contributed by atoms with Gasteiger partial charge in [0.25, 0.3) is 0 Å². The van der Waals surface area contributed by atoms with Crippen molar-refractivity contribution in [1.82, 2.24) is 15.1 Å². The van der Waals surface area contributed by atoms with Crippen LogP contribution in [0.15, 0.2) is 0 Å². The Morgan fingerprint density at radius 2 is 2.17 bits per heavy atom. The van der Waals surface area contributed by atoms with E-state index in [4.69, 9.17) is 0 Å². The first-order chi connectivity index (χ1) is 8.66. The number of nitrogens with one attached hydrogen (secondary N) is 1. The molecule has 0 aromatic heterocycles. The molecule has 3 unspecified atom stereocenters. The highest BCUT2D eigenvalue weighted by molar-refractivity contribution is 4.93. The van der Waals surface area contributed by atoms with Gasteiger partial charge in [0.1, 0.15) is 0 Å². The lowest BCUT2D eigenvalue weighted by Crippen LogP contribution is -2.60. The van der Waals surface area contributed by atoms with Crippen LogP contribution in [0.25, 0.3) is 0 Å². The smallest absolute Gasteiger partial charge is 0.0223 e. The van der Waals surface area contributed by atoms with Crippen molar-refractivity contribution in [1.29, 1.82) is 0 Å². The van der Waals surface area contributed by atoms with Crippen LogP contribution in [0, 0.1) is 5.41 Å². The molecule has 0 aromatic carbocycles. The number of rotatable bonds is 2. The zero-order valence-electron chi connectivity index (χ0n) is 12.1. The van der Waals surface area contributed by atoms with Crippen LogP contribution in [0.4, 0.5) is 0 Å². The first kappa shape index (κ1) is 12.9. The van der Waals surface area contributed by atoms with Crippen molar-refractivity contribution in [2.24, 2.45) is 5.41 Å². The molecule has 3 rings (SSSR count). The van der Waals surface area contributed by atoms with Gasteiger partial charge < -0.3 is 5.32 Å². The third-order valence-corrected chi connectivity index (χ3v) is 5.36. The molecule has 3 fully saturated rings. The van der Waals surface area contributed by atoms with E-state index < -0.39 is 0 Å². The van der Waals surface area contributed by atoms with Gasteiger partial charge in [0, 0.05) is 38.3 Å². The van der Waals surface area contributed by atoms with E-state index in [1.807, 2.05) is 0 Å². The minimum Gasteiger partial charge on any atom is -0.316 e. The third kappa shape index (κ3) is 2.59. The predicted molar refractivity (Wildman–Crippen MR) is 75.8 cm³/mol. The van der Waals surface area contributed by atoms with Crippen LogP contribution in [0.2, 0.25) is 0 Å². The van der Waals surface area contributed by atoms with E-state index in [9.17, 15) is 0 Å². The molecule has 3 aliphatic rings. The van der Waals surface area contributed by atoms with Crippen LogP contribution in [-0.2, 0) is 0 Å². The highest BCUT2D eigenvalue weighted by atomic mass is 15.3. The van der Waals surface area contributed by atoms with Crippen LogP contribution >= 0.6 is 0 Å². The van der Waals surface area contributed by atoms with Gasteiger partial charge >= 0.3 is 0 Å². The first-order valence-electron chi connectivity index (χ1n) is 7.85. The third-order valence-electron chi connectivity index (χ3n) is 5.36. The van der Waals surface area contributed by atoms with Gasteiger partial charge in [-0.1, -0.05) is 13.3 Å². The average molecular weight is 251 g/mol. The van der Waals surface area contributed by atoms with E-state index in [1.165, 1.54) is 65.0 Å². The lowest BCUT2D eigenvalue weighted by Gasteiger charge is -2.49. The SMILES string of the molecule is CC1CN2CCCCC2CN1CC1(C)CCNC1. The van der Waals surface area contributed by atoms with Gasteiger partial charge in [-0.25, -0.2) is 0 Å². The van der Waals surface area contributed by atoms with Crippen molar-refractivity contribution < 1.29 is 0 Å². The summed E-state index contributed by atoms with van der Waals surface area (Å²) in [6, 6.07) is 1.60. The van der Waals surface area contributed by atoms with E-state index in [-0.39, 0.29) is 0 Å². The molecule has 3 heteroatoms. The van der Waals surface area contributed by atoms with Crippen molar-refractivity contribution in [3.05, 3.63) is 0 Å². The van der Waals surface area contributed by atoms with Crippen LogP contribution < -0.4 is 5.32 Å². The number of hydrogen-bond donors (Lipinski definition) is 1. The summed E-state index contributed by atoms with van der Waals surface area (Å²) in [5, 5.41) is 3.54. The summed E-state index contributed by atoms with van der Waals surface area (Å²) in [6.07, 6.45) is 5.65. The quantitative estimate of drug-likeness (QED) is 0.803. The molecule has 0 amide bonds. The maximum Gasteiger partial charge on any atom is 0.0223 e. The molecule has 104 valence electrons. The summed E-state index contributed by atoms with van der Waals surface area (Å²) in [6.45, 7) is 12.6. The standard InChI is InChI=1S/C15H29N3/c1-13-9-17-8-4-3-5-14(17)10-18(13)12-15(2)6-7-16-11-15/h13-14,16H,3-12H2,1-2H3. The van der Waals surface area contributed by atoms with Crippen molar-refractivity contribution in [2.75, 3.05) is 39.3 Å². The van der Waals surface area contributed by atoms with Gasteiger partial charge in [-0.2, -0.15) is 0 Å². The number of hydrogen-bond acceptors (Lipinski definition) is 3. The van der Waals surface area contributed by atoms with Crippen LogP contribution in [0.5, 0.6) is 0 Å². The monoisotopic (exact) mass is 251 g/mol. The summed E-state index contributed by atoms with van der Waals surface area (Å²) in [4.78, 5) is 5.53. The molecule has 3 atom stereocenters. The molecule has 18 heavy (non-hydrogen) atoms. The Hall–Kier alpha value is -0.120. The topological polar surface area (TPSA) is 18.5 Å². The lowest BCUT2D eigenvalue weighted by molar-refractivity contribution is -0.00176. The zero-order chi connectivity index (χ0) is 12.6. The first-order valence-corrected chi connectivity index (χ1v) is 7.85.